The molecule has 0 radical (unpaired) electrons. The fourth-order valence-corrected chi connectivity index (χ4v) is 2.35. The lowest BCUT2D eigenvalue weighted by atomic mass is 10.1. The van der Waals surface area contributed by atoms with Gasteiger partial charge in [-0.3, -0.25) is 0 Å². The first-order valence-electron chi connectivity index (χ1n) is 5.29. The zero-order chi connectivity index (χ0) is 13.1. The van der Waals surface area contributed by atoms with Gasteiger partial charge < -0.3 is 15.7 Å². The lowest BCUT2D eigenvalue weighted by molar-refractivity contribution is 0.0697. The number of anilines is 2. The predicted molar refractivity (Wildman–Crippen MR) is 72.0 cm³/mol. The van der Waals surface area contributed by atoms with Crippen LogP contribution in [0.5, 0.6) is 0 Å². The molecule has 0 fully saturated rings. The Hall–Kier alpha value is -2.08. The summed E-state index contributed by atoms with van der Waals surface area (Å²) in [4.78, 5) is 17.2. The van der Waals surface area contributed by atoms with Crippen molar-refractivity contribution in [1.82, 2.24) is 4.98 Å². The number of nitrogens with two attached hydrogens (primary N) is 1. The predicted octanol–water partition coefficient (Wildman–Crippen LogP) is 2.06. The minimum absolute atomic E-state index is 0.202. The number of carbonyl (C=O) groups is 1. The number of hydrogen-bond donors (Lipinski definition) is 2. The zero-order valence-corrected chi connectivity index (χ0v) is 10.6. The molecule has 2 rings (SSSR count). The van der Waals surface area contributed by atoms with Gasteiger partial charge in [0.25, 0.3) is 0 Å². The van der Waals surface area contributed by atoms with Crippen LogP contribution in [0.2, 0.25) is 0 Å². The second-order valence-electron chi connectivity index (χ2n) is 3.88. The highest BCUT2D eigenvalue weighted by atomic mass is 32.1. The molecule has 94 valence electrons. The van der Waals surface area contributed by atoms with E-state index < -0.39 is 5.97 Å². The molecule has 18 heavy (non-hydrogen) atoms. The van der Waals surface area contributed by atoms with Crippen LogP contribution in [0.15, 0.2) is 29.1 Å². The van der Waals surface area contributed by atoms with E-state index in [0.29, 0.717) is 17.9 Å². The molecule has 0 aliphatic rings. The van der Waals surface area contributed by atoms with Crippen molar-refractivity contribution in [3.63, 3.8) is 0 Å². The summed E-state index contributed by atoms with van der Waals surface area (Å²) >= 11 is 1.51. The Kier molecular flexibility index (Phi) is 3.47. The Morgan fingerprint density at radius 1 is 1.56 bits per heavy atom. The molecule has 3 N–H and O–H groups in total. The molecule has 1 aromatic heterocycles. The van der Waals surface area contributed by atoms with Crippen LogP contribution >= 0.6 is 11.3 Å². The second-order valence-corrected chi connectivity index (χ2v) is 4.60. The summed E-state index contributed by atoms with van der Waals surface area (Å²) in [5.74, 6) is -0.984. The Bertz CT molecular complexity index is 554. The number of nitrogens with zero attached hydrogens (tertiary/aromatic N) is 2. The molecule has 0 unspecified atom stereocenters. The summed E-state index contributed by atoms with van der Waals surface area (Å²) in [6.45, 7) is 0.526. The number of carboxylic acids is 1. The van der Waals surface area contributed by atoms with Gasteiger partial charge in [-0.1, -0.05) is 6.07 Å². The molecule has 1 aromatic carbocycles. The summed E-state index contributed by atoms with van der Waals surface area (Å²) in [6, 6.07) is 4.88. The van der Waals surface area contributed by atoms with Gasteiger partial charge in [-0.05, 0) is 12.1 Å². The molecule has 6 heteroatoms. The first-order valence-corrected chi connectivity index (χ1v) is 6.24. The molecule has 0 amide bonds. The molecule has 0 aliphatic heterocycles. The molecule has 0 spiro atoms. The average Bonchev–Trinajstić information content (AvgIpc) is 2.81. The maximum absolute atomic E-state index is 11.2. The molecule has 2 aromatic rings. The van der Waals surface area contributed by atoms with Crippen LogP contribution in [0.25, 0.3) is 0 Å². The van der Waals surface area contributed by atoms with Crippen LogP contribution < -0.4 is 10.6 Å². The van der Waals surface area contributed by atoms with Gasteiger partial charge in [-0.15, -0.1) is 11.3 Å². The van der Waals surface area contributed by atoms with Gasteiger partial charge in [0.15, 0.2) is 0 Å². The number of aromatic nitrogens is 1. The summed E-state index contributed by atoms with van der Waals surface area (Å²) in [5, 5.41) is 11.1. The van der Waals surface area contributed by atoms with Crippen molar-refractivity contribution in [2.45, 2.75) is 6.54 Å². The van der Waals surface area contributed by atoms with Crippen LogP contribution in [-0.2, 0) is 6.54 Å². The molecular weight excluding hydrogens is 250 g/mol. The topological polar surface area (TPSA) is 79.5 Å². The van der Waals surface area contributed by atoms with Gasteiger partial charge in [0.1, 0.15) is 0 Å². The smallest absolute Gasteiger partial charge is 0.337 e. The summed E-state index contributed by atoms with van der Waals surface area (Å²) < 4.78 is 0. The third-order valence-electron chi connectivity index (χ3n) is 2.56. The van der Waals surface area contributed by atoms with Crippen molar-refractivity contribution in [3.8, 4) is 0 Å². The first-order chi connectivity index (χ1) is 8.59. The highest BCUT2D eigenvalue weighted by Crippen LogP contribution is 2.28. The van der Waals surface area contributed by atoms with Gasteiger partial charge in [0.2, 0.25) is 0 Å². The number of hydrogen-bond acceptors (Lipinski definition) is 5. The number of benzene rings is 1. The number of carboxylic acid groups (broad SMARTS) is 1. The van der Waals surface area contributed by atoms with Crippen molar-refractivity contribution in [1.29, 1.82) is 0 Å². The number of thiazole rings is 1. The van der Waals surface area contributed by atoms with E-state index in [9.17, 15) is 4.79 Å². The van der Waals surface area contributed by atoms with E-state index >= 15 is 0 Å². The van der Waals surface area contributed by atoms with Gasteiger partial charge in [0, 0.05) is 12.4 Å². The Morgan fingerprint density at radius 2 is 2.33 bits per heavy atom. The van der Waals surface area contributed by atoms with Gasteiger partial charge in [-0.25, -0.2) is 9.78 Å². The molecule has 5 nitrogen and oxygen atoms in total. The van der Waals surface area contributed by atoms with E-state index in [-0.39, 0.29) is 5.56 Å². The molecule has 0 atom stereocenters. The van der Waals surface area contributed by atoms with E-state index in [1.165, 1.54) is 11.3 Å². The van der Waals surface area contributed by atoms with Crippen LogP contribution in [-0.4, -0.2) is 23.1 Å². The van der Waals surface area contributed by atoms with E-state index in [1.54, 1.807) is 35.7 Å². The maximum atomic E-state index is 11.2. The Morgan fingerprint density at radius 3 is 2.94 bits per heavy atom. The minimum atomic E-state index is -0.984. The average molecular weight is 263 g/mol. The Balaban J connectivity index is 2.34. The third kappa shape index (κ3) is 2.43. The molecule has 0 saturated heterocycles. The normalized spacial score (nSPS) is 10.3. The maximum Gasteiger partial charge on any atom is 0.337 e. The number of aromatic carboxylic acids is 1. The van der Waals surface area contributed by atoms with E-state index in [0.717, 1.165) is 5.69 Å². The van der Waals surface area contributed by atoms with Crippen LogP contribution in [0.4, 0.5) is 11.4 Å². The monoisotopic (exact) mass is 263 g/mol. The highest BCUT2D eigenvalue weighted by molar-refractivity contribution is 7.07. The van der Waals surface area contributed by atoms with Crippen molar-refractivity contribution in [3.05, 3.63) is 40.3 Å². The summed E-state index contributed by atoms with van der Waals surface area (Å²) in [7, 11) is 1.80. The van der Waals surface area contributed by atoms with Gasteiger partial charge >= 0.3 is 5.97 Å². The second kappa shape index (κ2) is 5.05. The molecule has 1 heterocycles. The van der Waals surface area contributed by atoms with Gasteiger partial charge in [0.05, 0.1) is 34.7 Å². The van der Waals surface area contributed by atoms with Crippen molar-refractivity contribution in [2.75, 3.05) is 17.7 Å². The minimum Gasteiger partial charge on any atom is -0.478 e. The quantitative estimate of drug-likeness (QED) is 0.825. The molecule has 0 bridgehead atoms. The van der Waals surface area contributed by atoms with Crippen molar-refractivity contribution >= 4 is 28.7 Å². The van der Waals surface area contributed by atoms with Crippen molar-refractivity contribution < 1.29 is 9.90 Å². The first kappa shape index (κ1) is 12.4. The summed E-state index contributed by atoms with van der Waals surface area (Å²) in [5.41, 5.74) is 9.68. The van der Waals surface area contributed by atoms with E-state index in [1.807, 2.05) is 5.38 Å². The van der Waals surface area contributed by atoms with E-state index in [2.05, 4.69) is 4.98 Å². The molecule has 0 saturated carbocycles. The lowest BCUT2D eigenvalue weighted by Gasteiger charge is -2.22. The van der Waals surface area contributed by atoms with E-state index in [4.69, 9.17) is 10.8 Å². The van der Waals surface area contributed by atoms with Crippen LogP contribution in [0.3, 0.4) is 0 Å². The number of nitrogen functional groups attached to an aromatic ring is 1. The van der Waals surface area contributed by atoms with Crippen molar-refractivity contribution in [2.24, 2.45) is 0 Å². The fourth-order valence-electron chi connectivity index (χ4n) is 1.80. The standard InChI is InChI=1S/C12H13N3O2S/c1-15(5-8-6-18-7-14-8)11-9(12(16)17)3-2-4-10(11)13/h2-4,6-7H,5,13H2,1H3,(H,16,17). The van der Waals surface area contributed by atoms with Crippen LogP contribution in [0, 0.1) is 0 Å². The highest BCUT2D eigenvalue weighted by Gasteiger charge is 2.16. The van der Waals surface area contributed by atoms with Gasteiger partial charge in [-0.2, -0.15) is 0 Å². The fraction of sp³-hybridized carbons (Fsp3) is 0.167. The lowest BCUT2D eigenvalue weighted by Crippen LogP contribution is -2.21. The zero-order valence-electron chi connectivity index (χ0n) is 9.83. The number of para-hydroxylation sites is 1. The summed E-state index contributed by atoms with van der Waals surface area (Å²) in [6.07, 6.45) is 0. The molecular formula is C12H13N3O2S. The molecule has 0 aliphatic carbocycles. The SMILES string of the molecule is CN(Cc1cscn1)c1c(N)cccc1C(=O)O. The Labute approximate surface area is 108 Å². The van der Waals surface area contributed by atoms with Crippen LogP contribution in [0.1, 0.15) is 16.1 Å². The third-order valence-corrected chi connectivity index (χ3v) is 3.20. The number of rotatable bonds is 4. The largest absolute Gasteiger partial charge is 0.478 e.